The molecule has 0 saturated heterocycles. The lowest BCUT2D eigenvalue weighted by Gasteiger charge is -2.06. The van der Waals surface area contributed by atoms with E-state index >= 15 is 0 Å². The van der Waals surface area contributed by atoms with Gasteiger partial charge in [0, 0.05) is 28.4 Å². The predicted molar refractivity (Wildman–Crippen MR) is 82.9 cm³/mol. The number of carbonyl (C=O) groups excluding carboxylic acids is 2. The Kier molecular flexibility index (Phi) is 3.66. The van der Waals surface area contributed by atoms with E-state index in [1.165, 1.54) is 0 Å². The first kappa shape index (κ1) is 14.3. The molecule has 1 aliphatic rings. The first-order valence-electron chi connectivity index (χ1n) is 7.28. The van der Waals surface area contributed by atoms with E-state index in [9.17, 15) is 9.59 Å². The molecule has 1 fully saturated rings. The maximum absolute atomic E-state index is 12.3. The molecule has 6 nitrogen and oxygen atoms in total. The second-order valence-corrected chi connectivity index (χ2v) is 5.60. The summed E-state index contributed by atoms with van der Waals surface area (Å²) in [6.07, 6.45) is 2.06. The van der Waals surface area contributed by atoms with Crippen molar-refractivity contribution in [2.75, 3.05) is 5.32 Å². The van der Waals surface area contributed by atoms with Crippen LogP contribution in [0.25, 0.3) is 0 Å². The van der Waals surface area contributed by atoms with E-state index in [2.05, 4.69) is 20.8 Å². The molecule has 2 amide bonds. The van der Waals surface area contributed by atoms with Crippen LogP contribution in [-0.4, -0.2) is 28.1 Å². The molecule has 0 atom stereocenters. The van der Waals surface area contributed by atoms with Gasteiger partial charge in [0.15, 0.2) is 5.82 Å². The lowest BCUT2D eigenvalue weighted by atomic mass is 10.1. The Morgan fingerprint density at radius 2 is 1.86 bits per heavy atom. The summed E-state index contributed by atoms with van der Waals surface area (Å²) in [4.78, 5) is 24.3. The van der Waals surface area contributed by atoms with Gasteiger partial charge in [-0.05, 0) is 44.9 Å². The van der Waals surface area contributed by atoms with Gasteiger partial charge in [0.2, 0.25) is 0 Å². The Morgan fingerprint density at radius 3 is 2.45 bits per heavy atom. The third-order valence-corrected chi connectivity index (χ3v) is 3.78. The number of aromatic nitrogens is 2. The fourth-order valence-electron chi connectivity index (χ4n) is 2.08. The molecule has 1 aromatic heterocycles. The van der Waals surface area contributed by atoms with E-state index in [0.717, 1.165) is 24.1 Å². The number of H-pyrrole nitrogens is 1. The summed E-state index contributed by atoms with van der Waals surface area (Å²) in [6.45, 7) is 3.77. The highest BCUT2D eigenvalue weighted by molar-refractivity contribution is 6.06. The summed E-state index contributed by atoms with van der Waals surface area (Å²) in [5, 5.41) is 12.5. The van der Waals surface area contributed by atoms with Crippen molar-refractivity contribution in [2.45, 2.75) is 32.7 Å². The van der Waals surface area contributed by atoms with Crippen molar-refractivity contribution in [3.05, 3.63) is 46.6 Å². The van der Waals surface area contributed by atoms with Crippen LogP contribution in [0.5, 0.6) is 0 Å². The zero-order chi connectivity index (χ0) is 15.7. The van der Waals surface area contributed by atoms with Crippen molar-refractivity contribution in [1.29, 1.82) is 0 Å². The molecule has 1 aliphatic carbocycles. The SMILES string of the molecule is Cc1[nH]nc(NC(=O)c2cccc(C(=O)NC3CC3)c2)c1C. The van der Waals surface area contributed by atoms with Gasteiger partial charge < -0.3 is 10.6 Å². The molecule has 22 heavy (non-hydrogen) atoms. The maximum atomic E-state index is 12.3. The number of nitrogens with zero attached hydrogens (tertiary/aromatic N) is 1. The van der Waals surface area contributed by atoms with Gasteiger partial charge in [-0.2, -0.15) is 5.10 Å². The number of carbonyl (C=O) groups is 2. The second-order valence-electron chi connectivity index (χ2n) is 5.60. The predicted octanol–water partition coefficient (Wildman–Crippen LogP) is 2.17. The molecule has 0 radical (unpaired) electrons. The summed E-state index contributed by atoms with van der Waals surface area (Å²) in [7, 11) is 0. The third kappa shape index (κ3) is 3.00. The van der Waals surface area contributed by atoms with Crippen molar-refractivity contribution in [3.8, 4) is 0 Å². The Bertz CT molecular complexity index is 731. The van der Waals surface area contributed by atoms with E-state index < -0.39 is 0 Å². The number of hydrogen-bond donors (Lipinski definition) is 3. The van der Waals surface area contributed by atoms with Crippen molar-refractivity contribution in [1.82, 2.24) is 15.5 Å². The fourth-order valence-corrected chi connectivity index (χ4v) is 2.08. The van der Waals surface area contributed by atoms with Crippen LogP contribution in [0, 0.1) is 13.8 Å². The molecule has 0 unspecified atom stereocenters. The van der Waals surface area contributed by atoms with Crippen LogP contribution in [0.2, 0.25) is 0 Å². The van der Waals surface area contributed by atoms with E-state index in [0.29, 0.717) is 23.0 Å². The summed E-state index contributed by atoms with van der Waals surface area (Å²) in [5.74, 6) is 0.0925. The third-order valence-electron chi connectivity index (χ3n) is 3.78. The van der Waals surface area contributed by atoms with Crippen LogP contribution in [0.4, 0.5) is 5.82 Å². The molecule has 0 bridgehead atoms. The summed E-state index contributed by atoms with van der Waals surface area (Å²) in [6, 6.07) is 6.98. The largest absolute Gasteiger partial charge is 0.349 e. The molecular formula is C16H18N4O2. The molecular weight excluding hydrogens is 280 g/mol. The van der Waals surface area contributed by atoms with E-state index in [1.54, 1.807) is 24.3 Å². The number of anilines is 1. The van der Waals surface area contributed by atoms with Crippen LogP contribution in [0.3, 0.4) is 0 Å². The topological polar surface area (TPSA) is 86.9 Å². The van der Waals surface area contributed by atoms with Crippen LogP contribution >= 0.6 is 0 Å². The Morgan fingerprint density at radius 1 is 1.18 bits per heavy atom. The number of hydrogen-bond acceptors (Lipinski definition) is 3. The summed E-state index contributed by atoms with van der Waals surface area (Å²) < 4.78 is 0. The molecule has 0 spiro atoms. The average molecular weight is 298 g/mol. The highest BCUT2D eigenvalue weighted by Gasteiger charge is 2.24. The molecule has 3 rings (SSSR count). The van der Waals surface area contributed by atoms with Gasteiger partial charge in [-0.3, -0.25) is 14.7 Å². The maximum Gasteiger partial charge on any atom is 0.256 e. The van der Waals surface area contributed by atoms with E-state index in [4.69, 9.17) is 0 Å². The molecule has 2 aromatic rings. The number of aromatic amines is 1. The lowest BCUT2D eigenvalue weighted by Crippen LogP contribution is -2.25. The van der Waals surface area contributed by atoms with Crippen molar-refractivity contribution in [2.24, 2.45) is 0 Å². The highest BCUT2D eigenvalue weighted by atomic mass is 16.2. The quantitative estimate of drug-likeness (QED) is 0.808. The van der Waals surface area contributed by atoms with Gasteiger partial charge >= 0.3 is 0 Å². The molecule has 0 aliphatic heterocycles. The zero-order valence-electron chi connectivity index (χ0n) is 12.6. The van der Waals surface area contributed by atoms with Gasteiger partial charge in [0.05, 0.1) is 0 Å². The van der Waals surface area contributed by atoms with Crippen molar-refractivity contribution in [3.63, 3.8) is 0 Å². The van der Waals surface area contributed by atoms with Gasteiger partial charge in [-0.1, -0.05) is 6.07 Å². The van der Waals surface area contributed by atoms with Crippen LogP contribution in [-0.2, 0) is 0 Å². The molecule has 6 heteroatoms. The van der Waals surface area contributed by atoms with Crippen LogP contribution in [0.15, 0.2) is 24.3 Å². The van der Waals surface area contributed by atoms with Gasteiger partial charge in [0.25, 0.3) is 11.8 Å². The standard InChI is InChI=1S/C16H18N4O2/c1-9-10(2)19-20-14(9)18-16(22)12-5-3-4-11(8-12)15(21)17-13-6-7-13/h3-5,8,13H,6-7H2,1-2H3,(H,17,21)(H2,18,19,20,22). The van der Waals surface area contributed by atoms with Gasteiger partial charge in [0.1, 0.15) is 0 Å². The molecule has 3 N–H and O–H groups in total. The first-order valence-corrected chi connectivity index (χ1v) is 7.28. The zero-order valence-corrected chi connectivity index (χ0v) is 12.6. The van der Waals surface area contributed by atoms with Crippen molar-refractivity contribution < 1.29 is 9.59 Å². The first-order chi connectivity index (χ1) is 10.5. The molecule has 114 valence electrons. The van der Waals surface area contributed by atoms with E-state index in [1.807, 2.05) is 13.8 Å². The smallest absolute Gasteiger partial charge is 0.256 e. The number of aryl methyl sites for hydroxylation is 1. The Labute approximate surface area is 128 Å². The lowest BCUT2D eigenvalue weighted by molar-refractivity contribution is 0.0951. The number of rotatable bonds is 4. The summed E-state index contributed by atoms with van der Waals surface area (Å²) in [5.41, 5.74) is 2.74. The van der Waals surface area contributed by atoms with E-state index in [-0.39, 0.29) is 11.8 Å². The minimum absolute atomic E-state index is 0.135. The summed E-state index contributed by atoms with van der Waals surface area (Å²) >= 11 is 0. The van der Waals surface area contributed by atoms with Crippen LogP contribution < -0.4 is 10.6 Å². The average Bonchev–Trinajstić information content (AvgIpc) is 3.28. The number of benzene rings is 1. The minimum Gasteiger partial charge on any atom is -0.349 e. The van der Waals surface area contributed by atoms with Gasteiger partial charge in [-0.25, -0.2) is 0 Å². The monoisotopic (exact) mass is 298 g/mol. The van der Waals surface area contributed by atoms with Crippen molar-refractivity contribution >= 4 is 17.6 Å². The Balaban J connectivity index is 1.74. The second kappa shape index (κ2) is 5.63. The number of amides is 2. The normalized spacial score (nSPS) is 13.7. The molecule has 1 aromatic carbocycles. The minimum atomic E-state index is -0.282. The molecule has 1 saturated carbocycles. The molecule has 1 heterocycles. The number of nitrogens with one attached hydrogen (secondary N) is 3. The highest BCUT2D eigenvalue weighted by Crippen LogP contribution is 2.20. The van der Waals surface area contributed by atoms with Crippen LogP contribution in [0.1, 0.15) is 44.8 Å². The van der Waals surface area contributed by atoms with Gasteiger partial charge in [-0.15, -0.1) is 0 Å². The fraction of sp³-hybridized carbons (Fsp3) is 0.312. The Hall–Kier alpha value is -2.63.